The van der Waals surface area contributed by atoms with Crippen molar-refractivity contribution in [2.45, 2.75) is 128 Å². The zero-order valence-corrected chi connectivity index (χ0v) is 27.5. The van der Waals surface area contributed by atoms with Crippen LogP contribution >= 0.6 is 0 Å². The summed E-state index contributed by atoms with van der Waals surface area (Å²) in [6.45, 7) is 8.81. The Hall–Kier alpha value is -2.79. The van der Waals surface area contributed by atoms with E-state index in [0.717, 1.165) is 44.9 Å². The topological polar surface area (TPSA) is 143 Å². The smallest absolute Gasteiger partial charge is 0.345 e. The van der Waals surface area contributed by atoms with Crippen LogP contribution in [-0.4, -0.2) is 52.3 Å². The molecule has 10 nitrogen and oxygen atoms in total. The minimum atomic E-state index is -1.22. The minimum Gasteiger partial charge on any atom is -0.482 e. The molecule has 3 aliphatic carbocycles. The molecule has 1 spiro atoms. The number of carbonyl (C=O) groups excluding carboxylic acids is 1. The van der Waals surface area contributed by atoms with E-state index in [9.17, 15) is 14.7 Å². The Morgan fingerprint density at radius 1 is 1.17 bits per heavy atom. The predicted molar refractivity (Wildman–Crippen MR) is 169 cm³/mol. The Morgan fingerprint density at radius 3 is 2.67 bits per heavy atom. The lowest BCUT2D eigenvalue weighted by molar-refractivity contribution is -0.376. The molecule has 0 bridgehead atoms. The summed E-state index contributed by atoms with van der Waals surface area (Å²) in [6.07, 6.45) is 9.69. The summed E-state index contributed by atoms with van der Waals surface area (Å²) in [4.78, 5) is 31.2. The molecule has 0 amide bonds. The monoisotopic (exact) mass is 636 g/mol. The van der Waals surface area contributed by atoms with Crippen molar-refractivity contribution in [3.05, 3.63) is 46.6 Å². The van der Waals surface area contributed by atoms with Crippen LogP contribution < -0.4 is 16.1 Å². The number of aromatic nitrogens is 1. The predicted octanol–water partition coefficient (Wildman–Crippen LogP) is 5.44. The second-order valence-electron chi connectivity index (χ2n) is 15.2. The summed E-state index contributed by atoms with van der Waals surface area (Å²) in [7, 11) is 0. The van der Waals surface area contributed by atoms with Crippen molar-refractivity contribution in [1.82, 2.24) is 4.98 Å². The van der Waals surface area contributed by atoms with Crippen LogP contribution in [0.2, 0.25) is 0 Å². The minimum absolute atomic E-state index is 0.0403. The normalized spacial score (nSPS) is 38.3. The number of nitrogens with two attached hydrogens (primary N) is 1. The third kappa shape index (κ3) is 4.85. The van der Waals surface area contributed by atoms with Crippen molar-refractivity contribution in [1.29, 1.82) is 0 Å². The van der Waals surface area contributed by atoms with Gasteiger partial charge in [-0.25, -0.2) is 4.79 Å². The molecule has 1 saturated heterocycles. The van der Waals surface area contributed by atoms with Crippen LogP contribution in [0.5, 0.6) is 5.75 Å². The molecule has 3 unspecified atom stereocenters. The van der Waals surface area contributed by atoms with Gasteiger partial charge < -0.3 is 34.2 Å². The van der Waals surface area contributed by atoms with Gasteiger partial charge in [-0.3, -0.25) is 9.78 Å². The number of esters is 1. The zero-order chi connectivity index (χ0) is 32.5. The van der Waals surface area contributed by atoms with Crippen LogP contribution in [0.15, 0.2) is 39.8 Å². The van der Waals surface area contributed by atoms with Crippen LogP contribution in [0.4, 0.5) is 0 Å². The van der Waals surface area contributed by atoms with Crippen LogP contribution in [0.1, 0.15) is 104 Å². The van der Waals surface area contributed by atoms with Crippen molar-refractivity contribution in [2.24, 2.45) is 28.4 Å². The van der Waals surface area contributed by atoms with E-state index in [4.69, 9.17) is 29.1 Å². The van der Waals surface area contributed by atoms with E-state index in [2.05, 4.69) is 18.8 Å². The largest absolute Gasteiger partial charge is 0.482 e. The average molecular weight is 637 g/mol. The molecule has 4 heterocycles. The van der Waals surface area contributed by atoms with Gasteiger partial charge in [-0.1, -0.05) is 33.6 Å². The first kappa shape index (κ1) is 31.8. The summed E-state index contributed by atoms with van der Waals surface area (Å²) in [5.74, 6) is -1.18. The summed E-state index contributed by atoms with van der Waals surface area (Å²) in [5.41, 5.74) is 4.23. The Kier molecular flexibility index (Phi) is 7.90. The molecule has 4 fully saturated rings. The van der Waals surface area contributed by atoms with Crippen LogP contribution in [0.3, 0.4) is 0 Å². The van der Waals surface area contributed by atoms with Gasteiger partial charge in [0.2, 0.25) is 0 Å². The number of rotatable bonds is 5. The number of nitrogens with zero attached hydrogens (tertiary/aromatic N) is 1. The van der Waals surface area contributed by atoms with Gasteiger partial charge in [0.15, 0.2) is 5.79 Å². The quantitative estimate of drug-likeness (QED) is 0.407. The van der Waals surface area contributed by atoms with Gasteiger partial charge in [0.05, 0.1) is 18.8 Å². The molecule has 5 aliphatic rings. The standard InChI is InChI=1S/C36H48N2O8/c1-5-10-22(37)31(40)44-27-18-25-33(2,15-12-26-34(25,3)20-42-36(46-26)13-7-6-8-14-36)30-29(39)28-24(45-35(27,30)4)17-23(43-32(28)41)21-11-9-16-38-19-21/h9,11,16-17,19,22,25-27,29-30,39H,5-8,10,12-15,18,20,37H2,1-4H3/t22?,25?,26-,27-,29-,30?,33-,34-,35+/m0/s1. The summed E-state index contributed by atoms with van der Waals surface area (Å²) >= 11 is 0. The van der Waals surface area contributed by atoms with Gasteiger partial charge in [-0.15, -0.1) is 0 Å². The van der Waals surface area contributed by atoms with E-state index in [0.29, 0.717) is 25.0 Å². The number of hydrogen-bond donors (Lipinski definition) is 2. The Bertz CT molecular complexity index is 1520. The Labute approximate surface area is 270 Å². The van der Waals surface area contributed by atoms with Gasteiger partial charge in [0.1, 0.15) is 34.8 Å². The lowest BCUT2D eigenvalue weighted by atomic mass is 9.42. The molecule has 0 radical (unpaired) electrons. The summed E-state index contributed by atoms with van der Waals surface area (Å²) < 4.78 is 32.5. The second kappa shape index (κ2) is 11.4. The number of fused-ring (bicyclic) bond motifs is 6. The SMILES string of the molecule is CCCC(N)C(=O)O[C@H]1CC2[C@](C)(CC[C@@H]3OC4(CCCCC4)OC[C@@]23C)C2[C@@H](O)c3c(cc(-c4cccnc4)oc3=O)O[C@@]21C. The van der Waals surface area contributed by atoms with Gasteiger partial charge in [-0.05, 0) is 68.9 Å². The molecule has 2 aliphatic heterocycles. The molecular formula is C36H48N2O8. The summed E-state index contributed by atoms with van der Waals surface area (Å²) in [6, 6.07) is 4.41. The van der Waals surface area contributed by atoms with E-state index in [1.165, 1.54) is 6.42 Å². The maximum atomic E-state index is 13.6. The molecule has 3 N–H and O–H groups in total. The highest BCUT2D eigenvalue weighted by atomic mass is 16.7. The van der Waals surface area contributed by atoms with E-state index >= 15 is 0 Å². The van der Waals surface area contributed by atoms with Gasteiger partial charge >= 0.3 is 11.6 Å². The average Bonchev–Trinajstić information content (AvgIpc) is 3.03. The number of aliphatic hydroxyl groups is 1. The van der Waals surface area contributed by atoms with Crippen LogP contribution in [0.25, 0.3) is 11.3 Å². The molecule has 9 atom stereocenters. The third-order valence-electron chi connectivity index (χ3n) is 12.3. The van der Waals surface area contributed by atoms with Gasteiger partial charge in [0.25, 0.3) is 0 Å². The van der Waals surface area contributed by atoms with E-state index in [-0.39, 0.29) is 29.1 Å². The van der Waals surface area contributed by atoms with E-state index in [1.54, 1.807) is 30.6 Å². The fraction of sp³-hybridized carbons (Fsp3) is 0.694. The van der Waals surface area contributed by atoms with E-state index in [1.807, 2.05) is 13.8 Å². The fourth-order valence-electron chi connectivity index (χ4n) is 9.97. The highest BCUT2D eigenvalue weighted by Crippen LogP contribution is 2.68. The molecular weight excluding hydrogens is 588 g/mol. The number of aliphatic hydroxyl groups excluding tert-OH is 1. The molecule has 250 valence electrons. The summed E-state index contributed by atoms with van der Waals surface area (Å²) in [5, 5.41) is 12.3. The molecule has 7 rings (SSSR count). The van der Waals surface area contributed by atoms with Gasteiger partial charge in [0, 0.05) is 48.2 Å². The Morgan fingerprint density at radius 2 is 1.96 bits per heavy atom. The first-order valence-corrected chi connectivity index (χ1v) is 17.2. The molecule has 10 heteroatoms. The second-order valence-corrected chi connectivity index (χ2v) is 15.2. The van der Waals surface area contributed by atoms with Crippen LogP contribution in [-0.2, 0) is 19.0 Å². The van der Waals surface area contributed by atoms with Crippen molar-refractivity contribution in [2.75, 3.05) is 6.61 Å². The molecule has 2 aromatic heterocycles. The number of ether oxygens (including phenoxy) is 4. The fourth-order valence-corrected chi connectivity index (χ4v) is 9.97. The first-order valence-electron chi connectivity index (χ1n) is 17.2. The zero-order valence-electron chi connectivity index (χ0n) is 27.5. The maximum absolute atomic E-state index is 13.6. The lowest BCUT2D eigenvalue weighted by Gasteiger charge is -2.68. The molecule has 0 aromatic carbocycles. The lowest BCUT2D eigenvalue weighted by Crippen LogP contribution is -2.73. The van der Waals surface area contributed by atoms with Crippen molar-refractivity contribution in [3.8, 4) is 17.1 Å². The van der Waals surface area contributed by atoms with Crippen molar-refractivity contribution >= 4 is 5.97 Å². The molecule has 2 aromatic rings. The number of pyridine rings is 1. The van der Waals surface area contributed by atoms with Gasteiger partial charge in [-0.2, -0.15) is 0 Å². The van der Waals surface area contributed by atoms with E-state index < -0.39 is 58.0 Å². The third-order valence-corrected chi connectivity index (χ3v) is 12.3. The van der Waals surface area contributed by atoms with Crippen molar-refractivity contribution < 1.29 is 33.3 Å². The molecule has 46 heavy (non-hydrogen) atoms. The molecule has 3 saturated carbocycles. The first-order chi connectivity index (χ1) is 21.9. The number of carbonyl (C=O) groups is 1. The van der Waals surface area contributed by atoms with Crippen LogP contribution in [0, 0.1) is 22.7 Å². The maximum Gasteiger partial charge on any atom is 0.345 e. The Balaban J connectivity index is 1.31. The highest BCUT2D eigenvalue weighted by molar-refractivity contribution is 5.75. The number of hydrogen-bond acceptors (Lipinski definition) is 10. The highest BCUT2D eigenvalue weighted by Gasteiger charge is 2.71. The van der Waals surface area contributed by atoms with Crippen molar-refractivity contribution in [3.63, 3.8) is 0 Å².